The zero-order chi connectivity index (χ0) is 13.5. The molecule has 2 saturated heterocycles. The van der Waals surface area contributed by atoms with Gasteiger partial charge in [-0.15, -0.1) is 12.4 Å². The molecule has 0 amide bonds. The summed E-state index contributed by atoms with van der Waals surface area (Å²) in [6.07, 6.45) is 4.22. The summed E-state index contributed by atoms with van der Waals surface area (Å²) in [6, 6.07) is 9.84. The minimum Gasteiger partial charge on any atom is -0.311 e. The molecule has 3 rings (SSSR count). The third kappa shape index (κ3) is 2.86. The Kier molecular flexibility index (Phi) is 4.74. The molecule has 0 saturated carbocycles. The van der Waals surface area contributed by atoms with Crippen molar-refractivity contribution in [2.75, 3.05) is 7.05 Å². The van der Waals surface area contributed by atoms with E-state index >= 15 is 0 Å². The summed E-state index contributed by atoms with van der Waals surface area (Å²) in [7, 11) is -1.63. The second-order valence-corrected chi connectivity index (χ2v) is 7.59. The predicted octanol–water partition coefficient (Wildman–Crippen LogP) is 2.01. The molecule has 1 N–H and O–H groups in total. The first-order valence-corrected chi connectivity index (χ1v) is 8.30. The Morgan fingerprint density at radius 3 is 2.20 bits per heavy atom. The molecule has 2 fully saturated rings. The molecular weight excluding hydrogens is 296 g/mol. The van der Waals surface area contributed by atoms with Crippen molar-refractivity contribution in [1.82, 2.24) is 9.62 Å². The van der Waals surface area contributed by atoms with E-state index in [1.165, 1.54) is 12.8 Å². The molecule has 0 aromatic heterocycles. The molecule has 2 unspecified atom stereocenters. The van der Waals surface area contributed by atoms with E-state index in [2.05, 4.69) is 5.32 Å². The lowest BCUT2D eigenvalue weighted by Crippen LogP contribution is -2.48. The summed E-state index contributed by atoms with van der Waals surface area (Å²) in [6.45, 7) is 0. The molecule has 0 radical (unpaired) electrons. The molecule has 112 valence electrons. The quantitative estimate of drug-likeness (QED) is 0.928. The largest absolute Gasteiger partial charge is 0.311 e. The van der Waals surface area contributed by atoms with E-state index < -0.39 is 10.0 Å². The number of rotatable bonds is 3. The van der Waals surface area contributed by atoms with Gasteiger partial charge in [0, 0.05) is 25.2 Å². The summed E-state index contributed by atoms with van der Waals surface area (Å²) in [4.78, 5) is 0.392. The first-order chi connectivity index (χ1) is 9.07. The zero-order valence-electron chi connectivity index (χ0n) is 11.5. The highest BCUT2D eigenvalue weighted by Gasteiger charge is 2.38. The fourth-order valence-electron chi connectivity index (χ4n) is 3.28. The Bertz CT molecular complexity index is 538. The molecule has 2 aliphatic heterocycles. The molecule has 2 aliphatic rings. The topological polar surface area (TPSA) is 49.4 Å². The van der Waals surface area contributed by atoms with Crippen molar-refractivity contribution >= 4 is 22.4 Å². The van der Waals surface area contributed by atoms with Crippen LogP contribution in [0.25, 0.3) is 0 Å². The normalized spacial score (nSPS) is 29.2. The number of sulfonamides is 1. The van der Waals surface area contributed by atoms with Gasteiger partial charge in [0.2, 0.25) is 10.0 Å². The Balaban J connectivity index is 0.00000147. The second kappa shape index (κ2) is 6.02. The number of halogens is 1. The summed E-state index contributed by atoms with van der Waals surface area (Å²) >= 11 is 0. The third-order valence-corrected chi connectivity index (χ3v) is 6.31. The van der Waals surface area contributed by atoms with Gasteiger partial charge in [-0.3, -0.25) is 0 Å². The van der Waals surface area contributed by atoms with Gasteiger partial charge in [-0.05, 0) is 37.8 Å². The molecule has 0 aliphatic carbocycles. The lowest BCUT2D eigenvalue weighted by Gasteiger charge is -2.34. The van der Waals surface area contributed by atoms with Gasteiger partial charge in [0.05, 0.1) is 4.90 Å². The maximum atomic E-state index is 12.6. The van der Waals surface area contributed by atoms with Crippen LogP contribution in [0.2, 0.25) is 0 Å². The maximum absolute atomic E-state index is 12.6. The van der Waals surface area contributed by atoms with E-state index in [9.17, 15) is 8.42 Å². The van der Waals surface area contributed by atoms with Crippen LogP contribution in [0.5, 0.6) is 0 Å². The standard InChI is InChI=1S/C14H20N2O2S.ClH/c1-16(13-9-11-7-8-12(10-13)15-11)19(17,18)14-5-3-2-4-6-14;/h2-6,11-13,15H,7-10H2,1H3;1H. The average molecular weight is 317 g/mol. The van der Waals surface area contributed by atoms with E-state index in [-0.39, 0.29) is 18.4 Å². The van der Waals surface area contributed by atoms with Gasteiger partial charge >= 0.3 is 0 Å². The fraction of sp³-hybridized carbons (Fsp3) is 0.571. The lowest BCUT2D eigenvalue weighted by molar-refractivity contribution is 0.251. The molecular formula is C14H21ClN2O2S. The first-order valence-electron chi connectivity index (χ1n) is 6.86. The molecule has 2 atom stereocenters. The van der Waals surface area contributed by atoms with Crippen molar-refractivity contribution in [2.45, 2.75) is 48.7 Å². The molecule has 2 bridgehead atoms. The van der Waals surface area contributed by atoms with Crippen LogP contribution < -0.4 is 5.32 Å². The summed E-state index contributed by atoms with van der Waals surface area (Å²) in [5.41, 5.74) is 0. The minimum absolute atomic E-state index is 0. The van der Waals surface area contributed by atoms with Crippen LogP contribution in [0.1, 0.15) is 25.7 Å². The van der Waals surface area contributed by atoms with E-state index in [1.807, 2.05) is 6.07 Å². The van der Waals surface area contributed by atoms with Crippen LogP contribution in [0.3, 0.4) is 0 Å². The number of benzene rings is 1. The number of hydrogen-bond acceptors (Lipinski definition) is 3. The highest BCUT2D eigenvalue weighted by molar-refractivity contribution is 7.89. The van der Waals surface area contributed by atoms with E-state index in [4.69, 9.17) is 0 Å². The average Bonchev–Trinajstić information content (AvgIpc) is 2.77. The van der Waals surface area contributed by atoms with Gasteiger partial charge in [-0.1, -0.05) is 18.2 Å². The third-order valence-electron chi connectivity index (χ3n) is 4.38. The van der Waals surface area contributed by atoms with Crippen LogP contribution in [-0.4, -0.2) is 37.9 Å². The van der Waals surface area contributed by atoms with Crippen LogP contribution in [0.15, 0.2) is 35.2 Å². The van der Waals surface area contributed by atoms with Gasteiger partial charge in [0.25, 0.3) is 0 Å². The van der Waals surface area contributed by atoms with Crippen LogP contribution in [0.4, 0.5) is 0 Å². The number of piperidine rings is 1. The Labute approximate surface area is 127 Å². The van der Waals surface area contributed by atoms with Crippen molar-refractivity contribution in [2.24, 2.45) is 0 Å². The second-order valence-electron chi connectivity index (χ2n) is 5.60. The Morgan fingerprint density at radius 1 is 1.10 bits per heavy atom. The van der Waals surface area contributed by atoms with Crippen molar-refractivity contribution in [3.63, 3.8) is 0 Å². The summed E-state index contributed by atoms with van der Waals surface area (Å²) in [5, 5.41) is 3.54. The van der Waals surface area contributed by atoms with Crippen molar-refractivity contribution < 1.29 is 8.42 Å². The fourth-order valence-corrected chi connectivity index (χ4v) is 4.68. The molecule has 0 spiro atoms. The molecule has 20 heavy (non-hydrogen) atoms. The Hall–Kier alpha value is -0.620. The van der Waals surface area contributed by atoms with Crippen LogP contribution in [-0.2, 0) is 10.0 Å². The van der Waals surface area contributed by atoms with Gasteiger partial charge in [-0.25, -0.2) is 8.42 Å². The number of hydrogen-bond donors (Lipinski definition) is 1. The van der Waals surface area contributed by atoms with E-state index in [0.29, 0.717) is 17.0 Å². The van der Waals surface area contributed by atoms with Gasteiger partial charge < -0.3 is 5.32 Å². The lowest BCUT2D eigenvalue weighted by atomic mass is 10.0. The Morgan fingerprint density at radius 2 is 1.65 bits per heavy atom. The first kappa shape index (κ1) is 15.8. The molecule has 4 nitrogen and oxygen atoms in total. The number of fused-ring (bicyclic) bond motifs is 2. The highest BCUT2D eigenvalue weighted by Crippen LogP contribution is 2.31. The molecule has 6 heteroatoms. The molecule has 2 heterocycles. The monoisotopic (exact) mass is 316 g/mol. The SMILES string of the molecule is CN(C1CC2CCC(C1)N2)S(=O)(=O)c1ccccc1.Cl. The van der Waals surface area contributed by atoms with E-state index in [1.54, 1.807) is 35.6 Å². The highest BCUT2D eigenvalue weighted by atomic mass is 35.5. The van der Waals surface area contributed by atoms with Crippen molar-refractivity contribution in [3.05, 3.63) is 30.3 Å². The predicted molar refractivity (Wildman–Crippen MR) is 81.6 cm³/mol. The smallest absolute Gasteiger partial charge is 0.243 e. The van der Waals surface area contributed by atoms with Gasteiger partial charge in [0.1, 0.15) is 0 Å². The van der Waals surface area contributed by atoms with Gasteiger partial charge in [0.15, 0.2) is 0 Å². The molecule has 1 aromatic carbocycles. The minimum atomic E-state index is -3.35. The van der Waals surface area contributed by atoms with Gasteiger partial charge in [-0.2, -0.15) is 4.31 Å². The zero-order valence-corrected chi connectivity index (χ0v) is 13.2. The van der Waals surface area contributed by atoms with Crippen LogP contribution >= 0.6 is 12.4 Å². The number of nitrogens with one attached hydrogen (secondary N) is 1. The summed E-state index contributed by atoms with van der Waals surface area (Å²) < 4.78 is 26.7. The summed E-state index contributed by atoms with van der Waals surface area (Å²) in [5.74, 6) is 0. The van der Waals surface area contributed by atoms with Crippen molar-refractivity contribution in [3.8, 4) is 0 Å². The maximum Gasteiger partial charge on any atom is 0.243 e. The van der Waals surface area contributed by atoms with Crippen molar-refractivity contribution in [1.29, 1.82) is 0 Å². The number of nitrogens with zero attached hydrogens (tertiary/aromatic N) is 1. The molecule has 1 aromatic rings. The van der Waals surface area contributed by atoms with Crippen LogP contribution in [0, 0.1) is 0 Å². The van der Waals surface area contributed by atoms with E-state index in [0.717, 1.165) is 12.8 Å².